The van der Waals surface area contributed by atoms with E-state index < -0.39 is 0 Å². The molecular formula is C25H20N2O3. The summed E-state index contributed by atoms with van der Waals surface area (Å²) in [4.78, 5) is 12.3. The molecule has 0 bridgehead atoms. The van der Waals surface area contributed by atoms with Crippen LogP contribution in [0.15, 0.2) is 97.1 Å². The highest BCUT2D eigenvalue weighted by atomic mass is 16.3. The van der Waals surface area contributed by atoms with Crippen LogP contribution in [0.3, 0.4) is 0 Å². The maximum atomic E-state index is 12.3. The highest BCUT2D eigenvalue weighted by Gasteiger charge is 2.11. The van der Waals surface area contributed by atoms with Crippen LogP contribution in [0.25, 0.3) is 11.1 Å². The normalized spacial score (nSPS) is 10.4. The zero-order chi connectivity index (χ0) is 20.9. The van der Waals surface area contributed by atoms with E-state index in [0.717, 1.165) is 11.3 Å². The Morgan fingerprint density at radius 1 is 0.633 bits per heavy atom. The van der Waals surface area contributed by atoms with Crippen molar-refractivity contribution in [3.05, 3.63) is 103 Å². The van der Waals surface area contributed by atoms with E-state index >= 15 is 0 Å². The Balaban J connectivity index is 1.52. The number of phenols is 2. The first-order chi connectivity index (χ1) is 14.6. The molecule has 5 heteroatoms. The minimum atomic E-state index is -0.298. The summed E-state index contributed by atoms with van der Waals surface area (Å²) in [5.74, 6) is -0.257. The Morgan fingerprint density at radius 2 is 1.17 bits per heavy atom. The molecule has 0 aliphatic heterocycles. The molecule has 5 nitrogen and oxygen atoms in total. The van der Waals surface area contributed by atoms with Gasteiger partial charge < -0.3 is 20.8 Å². The summed E-state index contributed by atoms with van der Waals surface area (Å²) < 4.78 is 0. The van der Waals surface area contributed by atoms with Gasteiger partial charge in [-0.25, -0.2) is 0 Å². The minimum Gasteiger partial charge on any atom is -0.506 e. The van der Waals surface area contributed by atoms with E-state index in [1.165, 1.54) is 0 Å². The molecule has 0 atom stereocenters. The molecule has 0 unspecified atom stereocenters. The fourth-order valence-electron chi connectivity index (χ4n) is 3.09. The van der Waals surface area contributed by atoms with Crippen LogP contribution in [-0.4, -0.2) is 16.1 Å². The van der Waals surface area contributed by atoms with Crippen LogP contribution >= 0.6 is 0 Å². The van der Waals surface area contributed by atoms with Crippen molar-refractivity contribution in [2.24, 2.45) is 0 Å². The van der Waals surface area contributed by atoms with Gasteiger partial charge in [0.1, 0.15) is 11.5 Å². The summed E-state index contributed by atoms with van der Waals surface area (Å²) in [7, 11) is 0. The molecule has 30 heavy (non-hydrogen) atoms. The van der Waals surface area contributed by atoms with Crippen LogP contribution in [0.2, 0.25) is 0 Å². The average Bonchev–Trinajstić information content (AvgIpc) is 2.78. The Morgan fingerprint density at radius 3 is 1.73 bits per heavy atom. The number of hydrogen-bond donors (Lipinski definition) is 4. The Labute approximate surface area is 174 Å². The Kier molecular flexibility index (Phi) is 5.35. The summed E-state index contributed by atoms with van der Waals surface area (Å²) in [6, 6.07) is 28.6. The van der Waals surface area contributed by atoms with E-state index in [-0.39, 0.29) is 17.4 Å². The lowest BCUT2D eigenvalue weighted by Gasteiger charge is -2.12. The maximum absolute atomic E-state index is 12.3. The van der Waals surface area contributed by atoms with Gasteiger partial charge in [-0.15, -0.1) is 0 Å². The van der Waals surface area contributed by atoms with Crippen molar-refractivity contribution in [3.8, 4) is 22.6 Å². The molecule has 0 aromatic heterocycles. The second-order valence-electron chi connectivity index (χ2n) is 6.78. The Hall–Kier alpha value is -4.25. The standard InChI is InChI=1S/C25H20N2O3/c28-23-15-18(11-13-21(23)26-20-9-5-2-6-10-20)19-12-14-22(24(29)16-19)27-25(30)17-7-3-1-4-8-17/h1-16,26,28-29H,(H,27,30). The van der Waals surface area contributed by atoms with E-state index in [0.29, 0.717) is 22.5 Å². The molecule has 1 amide bonds. The predicted molar refractivity (Wildman–Crippen MR) is 119 cm³/mol. The molecule has 0 heterocycles. The number of benzene rings is 4. The monoisotopic (exact) mass is 396 g/mol. The molecule has 0 spiro atoms. The fraction of sp³-hybridized carbons (Fsp3) is 0. The topological polar surface area (TPSA) is 81.6 Å². The fourth-order valence-corrected chi connectivity index (χ4v) is 3.09. The number of carbonyl (C=O) groups is 1. The number of para-hydroxylation sites is 1. The van der Waals surface area contributed by atoms with Gasteiger partial charge in [0.2, 0.25) is 0 Å². The van der Waals surface area contributed by atoms with E-state index in [9.17, 15) is 15.0 Å². The SMILES string of the molecule is O=C(Nc1ccc(-c2ccc(Nc3ccccc3)c(O)c2)cc1O)c1ccccc1. The van der Waals surface area contributed by atoms with Crippen LogP contribution in [0, 0.1) is 0 Å². The number of nitrogens with one attached hydrogen (secondary N) is 2. The third-order valence-electron chi connectivity index (χ3n) is 4.67. The lowest BCUT2D eigenvalue weighted by molar-refractivity contribution is 0.102. The summed E-state index contributed by atoms with van der Waals surface area (Å²) >= 11 is 0. The largest absolute Gasteiger partial charge is 0.506 e. The molecule has 0 saturated heterocycles. The molecule has 0 radical (unpaired) electrons. The number of amides is 1. The summed E-state index contributed by atoms with van der Waals surface area (Å²) in [5.41, 5.74) is 3.73. The first-order valence-electron chi connectivity index (χ1n) is 9.45. The first kappa shape index (κ1) is 19.1. The number of carbonyl (C=O) groups excluding carboxylic acids is 1. The molecule has 4 aromatic carbocycles. The third-order valence-corrected chi connectivity index (χ3v) is 4.67. The molecule has 0 aliphatic rings. The number of phenolic OH excluding ortho intramolecular Hbond substituents is 2. The maximum Gasteiger partial charge on any atom is 0.255 e. The predicted octanol–water partition coefficient (Wildman–Crippen LogP) is 5.76. The number of aromatic hydroxyl groups is 2. The lowest BCUT2D eigenvalue weighted by Crippen LogP contribution is -2.11. The van der Waals surface area contributed by atoms with E-state index in [2.05, 4.69) is 10.6 Å². The highest BCUT2D eigenvalue weighted by molar-refractivity contribution is 6.05. The number of hydrogen-bond acceptors (Lipinski definition) is 4. The van der Waals surface area contributed by atoms with E-state index in [1.807, 2.05) is 42.5 Å². The van der Waals surface area contributed by atoms with E-state index in [4.69, 9.17) is 0 Å². The second-order valence-corrected chi connectivity index (χ2v) is 6.78. The van der Waals surface area contributed by atoms with Crippen LogP contribution in [0.5, 0.6) is 11.5 Å². The van der Waals surface area contributed by atoms with Gasteiger partial charge in [0.25, 0.3) is 5.91 Å². The zero-order valence-corrected chi connectivity index (χ0v) is 16.0. The van der Waals surface area contributed by atoms with Crippen LogP contribution in [-0.2, 0) is 0 Å². The van der Waals surface area contributed by atoms with Gasteiger partial charge in [0, 0.05) is 11.3 Å². The van der Waals surface area contributed by atoms with Gasteiger partial charge in [0.15, 0.2) is 0 Å². The van der Waals surface area contributed by atoms with Crippen molar-refractivity contribution in [1.29, 1.82) is 0 Å². The van der Waals surface area contributed by atoms with Crippen molar-refractivity contribution in [1.82, 2.24) is 0 Å². The zero-order valence-electron chi connectivity index (χ0n) is 16.0. The van der Waals surface area contributed by atoms with Crippen molar-refractivity contribution >= 4 is 23.0 Å². The van der Waals surface area contributed by atoms with Gasteiger partial charge in [-0.05, 0) is 59.7 Å². The van der Waals surface area contributed by atoms with Crippen molar-refractivity contribution in [3.63, 3.8) is 0 Å². The van der Waals surface area contributed by atoms with Crippen LogP contribution in [0.1, 0.15) is 10.4 Å². The van der Waals surface area contributed by atoms with Gasteiger partial charge in [-0.2, -0.15) is 0 Å². The quantitative estimate of drug-likeness (QED) is 0.323. The molecule has 0 aliphatic carbocycles. The van der Waals surface area contributed by atoms with Crippen molar-refractivity contribution in [2.75, 3.05) is 10.6 Å². The van der Waals surface area contributed by atoms with Crippen molar-refractivity contribution in [2.45, 2.75) is 0 Å². The molecule has 4 N–H and O–H groups in total. The van der Waals surface area contributed by atoms with Gasteiger partial charge >= 0.3 is 0 Å². The summed E-state index contributed by atoms with van der Waals surface area (Å²) in [6.07, 6.45) is 0. The smallest absolute Gasteiger partial charge is 0.255 e. The molecule has 0 saturated carbocycles. The van der Waals surface area contributed by atoms with Gasteiger partial charge in [0.05, 0.1) is 11.4 Å². The van der Waals surface area contributed by atoms with Crippen LogP contribution < -0.4 is 10.6 Å². The number of rotatable bonds is 5. The van der Waals surface area contributed by atoms with E-state index in [1.54, 1.807) is 54.6 Å². The molecule has 148 valence electrons. The second kappa shape index (κ2) is 8.41. The summed E-state index contributed by atoms with van der Waals surface area (Å²) in [5, 5.41) is 26.6. The first-order valence-corrected chi connectivity index (χ1v) is 9.45. The van der Waals surface area contributed by atoms with Crippen LogP contribution in [0.4, 0.5) is 17.1 Å². The third kappa shape index (κ3) is 4.25. The highest BCUT2D eigenvalue weighted by Crippen LogP contribution is 2.35. The lowest BCUT2D eigenvalue weighted by atomic mass is 10.0. The number of anilines is 3. The van der Waals surface area contributed by atoms with Crippen molar-refractivity contribution < 1.29 is 15.0 Å². The van der Waals surface area contributed by atoms with Gasteiger partial charge in [-0.1, -0.05) is 48.5 Å². The van der Waals surface area contributed by atoms with Gasteiger partial charge in [-0.3, -0.25) is 4.79 Å². The molecule has 4 aromatic rings. The summed E-state index contributed by atoms with van der Waals surface area (Å²) in [6.45, 7) is 0. The Bertz CT molecular complexity index is 1180. The minimum absolute atomic E-state index is 0.0530. The average molecular weight is 396 g/mol. The molecule has 4 rings (SSSR count). The molecular weight excluding hydrogens is 376 g/mol. The molecule has 0 fully saturated rings.